The van der Waals surface area contributed by atoms with Gasteiger partial charge in [-0.3, -0.25) is 0 Å². The van der Waals surface area contributed by atoms with E-state index in [4.69, 9.17) is 40.4 Å². The number of aromatic nitrogens is 6. The number of hydrogen-bond acceptors (Lipinski definition) is 12. The molecule has 2 aliphatic heterocycles. The van der Waals surface area contributed by atoms with Crippen LogP contribution < -0.4 is 23.7 Å². The molecule has 0 spiro atoms. The molecule has 352 valence electrons. The van der Waals surface area contributed by atoms with Crippen LogP contribution in [-0.4, -0.2) is 112 Å². The number of aromatic amines is 2. The summed E-state index contributed by atoms with van der Waals surface area (Å²) in [6, 6.07) is 16.9. The minimum Gasteiger partial charge on any atom is -0.505 e. The molecule has 2 aliphatic rings. The van der Waals surface area contributed by atoms with Crippen molar-refractivity contribution in [3.05, 3.63) is 102 Å². The van der Waals surface area contributed by atoms with E-state index in [1.54, 1.807) is 63.0 Å². The highest BCUT2D eigenvalue weighted by molar-refractivity contribution is 6.34. The fourth-order valence-corrected chi connectivity index (χ4v) is 8.54. The number of methoxy groups -OCH3 is 2. The van der Waals surface area contributed by atoms with Crippen LogP contribution in [0, 0.1) is 11.6 Å². The van der Waals surface area contributed by atoms with E-state index in [1.165, 1.54) is 83.4 Å². The fraction of sp³-hybridized carbons (Fsp3) is 0.360. The summed E-state index contributed by atoms with van der Waals surface area (Å²) in [6.07, 6.45) is 16.0. The van der Waals surface area contributed by atoms with Gasteiger partial charge in [-0.1, -0.05) is 24.4 Å². The zero-order chi connectivity index (χ0) is 46.5. The van der Waals surface area contributed by atoms with E-state index in [9.17, 15) is 8.78 Å². The van der Waals surface area contributed by atoms with E-state index in [1.807, 2.05) is 18.2 Å². The number of halogens is 3. The Balaban J connectivity index is 0.000000154. The topological polar surface area (TPSA) is 156 Å². The second kappa shape index (κ2) is 22.8. The molecular formula is C50H55ClF2N8O6. The van der Waals surface area contributed by atoms with Gasteiger partial charge in [0, 0.05) is 64.8 Å². The Morgan fingerprint density at radius 1 is 0.582 bits per heavy atom. The van der Waals surface area contributed by atoms with Gasteiger partial charge in [-0.15, -0.1) is 0 Å². The molecule has 2 fully saturated rings. The predicted octanol–water partition coefficient (Wildman–Crippen LogP) is 10.9. The highest BCUT2D eigenvalue weighted by Gasteiger charge is 2.18. The first-order chi connectivity index (χ1) is 32.8. The molecule has 10 rings (SSSR count). The number of ether oxygens (including phenoxy) is 5. The van der Waals surface area contributed by atoms with Gasteiger partial charge in [0.1, 0.15) is 17.8 Å². The first kappa shape index (κ1) is 47.0. The Labute approximate surface area is 392 Å². The Morgan fingerprint density at radius 2 is 1.10 bits per heavy atom. The van der Waals surface area contributed by atoms with Gasteiger partial charge in [-0.05, 0) is 113 Å². The highest BCUT2D eigenvalue weighted by Crippen LogP contribution is 2.38. The molecule has 3 N–H and O–H groups in total. The van der Waals surface area contributed by atoms with Crippen molar-refractivity contribution in [2.45, 2.75) is 51.4 Å². The molecule has 0 atom stereocenters. The quantitative estimate of drug-likeness (QED) is 0.0702. The van der Waals surface area contributed by atoms with Crippen LogP contribution in [0.3, 0.4) is 0 Å². The standard InChI is InChI=1S/C25H27FN4O3.C17H22ClN3O2.C8H6FNO/c1-31-22-14-18-20(15-23(22)32-13-5-12-30-10-3-2-4-11-30)28-16-29-25(18)33-21-7-6-19-17(24(21)26)8-9-27-19;1-22-15-10-13-14(19-12-20-17(13)18)11-16(15)23-9-5-8-21-6-3-2-4-7-21;9-8-5-3-4-10-6(5)1-2-7(8)11/h6-9,14-16,27H,2-5,10-13H2,1H3;10-12H,2-9H2,1H3;1-4,10-11H. The lowest BCUT2D eigenvalue weighted by Gasteiger charge is -2.26. The van der Waals surface area contributed by atoms with Gasteiger partial charge >= 0.3 is 0 Å². The average molecular weight is 937 g/mol. The van der Waals surface area contributed by atoms with Gasteiger partial charge in [0.25, 0.3) is 0 Å². The molecule has 0 radical (unpaired) electrons. The number of phenolic OH excluding ortho intramolecular Hbond substituents is 1. The van der Waals surface area contributed by atoms with E-state index in [0.29, 0.717) is 74.1 Å². The Kier molecular flexibility index (Phi) is 16.0. The average Bonchev–Trinajstić information content (AvgIpc) is 4.06. The number of likely N-dealkylation sites (tertiary alicyclic amines) is 2. The van der Waals surface area contributed by atoms with E-state index >= 15 is 0 Å². The second-order valence-electron chi connectivity index (χ2n) is 16.3. The summed E-state index contributed by atoms with van der Waals surface area (Å²) in [4.78, 5) is 27.6. The smallest absolute Gasteiger partial charge is 0.230 e. The van der Waals surface area contributed by atoms with Crippen LogP contribution in [0.2, 0.25) is 5.15 Å². The molecule has 67 heavy (non-hydrogen) atoms. The maximum atomic E-state index is 14.9. The van der Waals surface area contributed by atoms with E-state index in [-0.39, 0.29) is 17.4 Å². The minimum absolute atomic E-state index is 0.0964. The van der Waals surface area contributed by atoms with Crippen molar-refractivity contribution in [3.8, 4) is 40.4 Å². The van der Waals surface area contributed by atoms with Crippen LogP contribution in [0.1, 0.15) is 51.4 Å². The van der Waals surface area contributed by atoms with Crippen molar-refractivity contribution in [3.63, 3.8) is 0 Å². The third-order valence-electron chi connectivity index (χ3n) is 11.9. The Bertz CT molecular complexity index is 2890. The molecular weight excluding hydrogens is 882 g/mol. The number of H-pyrrole nitrogens is 2. The number of fused-ring (bicyclic) bond motifs is 4. The van der Waals surface area contributed by atoms with Crippen LogP contribution in [0.15, 0.2) is 85.7 Å². The molecule has 0 unspecified atom stereocenters. The third kappa shape index (κ3) is 11.7. The van der Waals surface area contributed by atoms with Crippen LogP contribution in [-0.2, 0) is 0 Å². The van der Waals surface area contributed by atoms with Crippen molar-refractivity contribution < 1.29 is 37.6 Å². The number of benzene rings is 4. The molecule has 17 heteroatoms. The van der Waals surface area contributed by atoms with E-state index in [0.717, 1.165) is 36.8 Å². The van der Waals surface area contributed by atoms with Gasteiger partial charge in [0.15, 0.2) is 46.1 Å². The van der Waals surface area contributed by atoms with Crippen molar-refractivity contribution >= 4 is 55.2 Å². The Morgan fingerprint density at radius 3 is 1.69 bits per heavy atom. The largest absolute Gasteiger partial charge is 0.505 e. The van der Waals surface area contributed by atoms with Gasteiger partial charge in [0.2, 0.25) is 5.88 Å². The van der Waals surface area contributed by atoms with Crippen molar-refractivity contribution in [1.29, 1.82) is 0 Å². The third-order valence-corrected chi connectivity index (χ3v) is 12.2. The van der Waals surface area contributed by atoms with E-state index in [2.05, 4.69) is 39.7 Å². The number of aromatic hydroxyl groups is 1. The Hall–Kier alpha value is -6.49. The molecule has 2 saturated heterocycles. The molecule has 0 amide bonds. The molecule has 0 bridgehead atoms. The molecule has 8 aromatic rings. The lowest BCUT2D eigenvalue weighted by atomic mass is 10.1. The van der Waals surface area contributed by atoms with Gasteiger partial charge in [-0.2, -0.15) is 0 Å². The zero-order valence-corrected chi connectivity index (χ0v) is 38.5. The molecule has 0 aliphatic carbocycles. The summed E-state index contributed by atoms with van der Waals surface area (Å²) in [7, 11) is 3.21. The first-order valence-corrected chi connectivity index (χ1v) is 23.1. The van der Waals surface area contributed by atoms with E-state index < -0.39 is 11.6 Å². The monoisotopic (exact) mass is 936 g/mol. The second-order valence-corrected chi connectivity index (χ2v) is 16.7. The number of piperidine rings is 2. The number of phenols is 1. The maximum Gasteiger partial charge on any atom is 0.230 e. The number of nitrogens with zero attached hydrogens (tertiary/aromatic N) is 6. The highest BCUT2D eigenvalue weighted by atomic mass is 35.5. The molecule has 4 aromatic heterocycles. The summed E-state index contributed by atoms with van der Waals surface area (Å²) in [5, 5.41) is 11.6. The minimum atomic E-state index is -0.566. The van der Waals surface area contributed by atoms with Crippen molar-refractivity contribution in [2.75, 3.05) is 66.7 Å². The predicted molar refractivity (Wildman–Crippen MR) is 256 cm³/mol. The number of hydrogen-bond donors (Lipinski definition) is 3. The lowest BCUT2D eigenvalue weighted by molar-refractivity contribution is 0.203. The maximum absolute atomic E-state index is 14.9. The van der Waals surface area contributed by atoms with Crippen molar-refractivity contribution in [1.82, 2.24) is 39.7 Å². The lowest BCUT2D eigenvalue weighted by Crippen LogP contribution is -2.31. The summed E-state index contributed by atoms with van der Waals surface area (Å²) < 4.78 is 56.6. The summed E-state index contributed by atoms with van der Waals surface area (Å²) in [5.74, 6) is 1.57. The molecule has 6 heterocycles. The van der Waals surface area contributed by atoms with Crippen LogP contribution >= 0.6 is 11.6 Å². The van der Waals surface area contributed by atoms with Crippen LogP contribution in [0.4, 0.5) is 8.78 Å². The first-order valence-electron chi connectivity index (χ1n) is 22.7. The SMILES string of the molecule is COc1cc2c(Cl)ncnc2cc1OCCCN1CCCCC1.COc1cc2c(Oc3ccc4[nH]ccc4c3F)ncnc2cc1OCCCN1CCCCC1.Oc1ccc2[nH]ccc2c1F. The zero-order valence-electron chi connectivity index (χ0n) is 37.7. The molecule has 14 nitrogen and oxygen atoms in total. The number of rotatable bonds is 14. The number of nitrogens with one attached hydrogen (secondary N) is 2. The van der Waals surface area contributed by atoms with Crippen molar-refractivity contribution in [2.24, 2.45) is 0 Å². The van der Waals surface area contributed by atoms with Crippen LogP contribution in [0.25, 0.3) is 43.6 Å². The normalized spacial score (nSPS) is 14.3. The van der Waals surface area contributed by atoms with Gasteiger partial charge in [-0.25, -0.2) is 28.7 Å². The fourth-order valence-electron chi connectivity index (χ4n) is 8.35. The summed E-state index contributed by atoms with van der Waals surface area (Å²) in [5.41, 5.74) is 2.79. The van der Waals surface area contributed by atoms with Crippen LogP contribution in [0.5, 0.6) is 40.4 Å². The molecule has 4 aromatic carbocycles. The van der Waals surface area contributed by atoms with Gasteiger partial charge in [0.05, 0.1) is 43.9 Å². The summed E-state index contributed by atoms with van der Waals surface area (Å²) in [6.45, 7) is 8.17. The molecule has 0 saturated carbocycles. The van der Waals surface area contributed by atoms with Gasteiger partial charge < -0.3 is 48.6 Å². The summed E-state index contributed by atoms with van der Waals surface area (Å²) >= 11 is 6.10.